The van der Waals surface area contributed by atoms with Crippen LogP contribution in [-0.2, 0) is 6.61 Å². The largest absolute Gasteiger partial charge is 0.486 e. The van der Waals surface area contributed by atoms with Crippen LogP contribution in [0.25, 0.3) is 0 Å². The first-order chi connectivity index (χ1) is 8.29. The van der Waals surface area contributed by atoms with E-state index in [9.17, 15) is 4.39 Å². The quantitative estimate of drug-likeness (QED) is 0.627. The topological polar surface area (TPSA) is 60.2 Å². The normalized spacial score (nSPS) is 10.0. The van der Waals surface area contributed by atoms with Crippen molar-refractivity contribution in [2.45, 2.75) is 6.61 Å². The van der Waals surface area contributed by atoms with Crippen molar-refractivity contribution in [1.82, 2.24) is 4.98 Å². The molecular formula is C12H12FN3O. The maximum absolute atomic E-state index is 13.3. The number of nitrogens with two attached hydrogens (primary N) is 1. The molecule has 0 amide bonds. The number of hydrogen-bond donors (Lipinski definition) is 2. The summed E-state index contributed by atoms with van der Waals surface area (Å²) in [5, 5.41) is 0. The lowest BCUT2D eigenvalue weighted by Gasteiger charge is -2.07. The van der Waals surface area contributed by atoms with Gasteiger partial charge in [-0.05, 0) is 29.8 Å². The lowest BCUT2D eigenvalue weighted by Crippen LogP contribution is -2.09. The second-order valence-corrected chi connectivity index (χ2v) is 3.41. The van der Waals surface area contributed by atoms with E-state index in [4.69, 9.17) is 10.6 Å². The third kappa shape index (κ3) is 2.92. The van der Waals surface area contributed by atoms with E-state index in [1.165, 1.54) is 6.07 Å². The molecule has 1 aromatic heterocycles. The molecule has 5 heteroatoms. The molecule has 1 aromatic carbocycles. The summed E-state index contributed by atoms with van der Waals surface area (Å²) < 4.78 is 18.6. The number of nitrogens with one attached hydrogen (secondary N) is 1. The monoisotopic (exact) mass is 233 g/mol. The summed E-state index contributed by atoms with van der Waals surface area (Å²) >= 11 is 0. The molecule has 0 atom stereocenters. The Morgan fingerprint density at radius 1 is 1.29 bits per heavy atom. The number of nitrogen functional groups attached to an aromatic ring is 1. The van der Waals surface area contributed by atoms with Gasteiger partial charge in [0, 0.05) is 6.20 Å². The minimum atomic E-state index is -0.376. The molecule has 88 valence electrons. The van der Waals surface area contributed by atoms with Gasteiger partial charge in [-0.2, -0.15) is 0 Å². The van der Waals surface area contributed by atoms with Gasteiger partial charge in [0.15, 0.2) is 11.6 Å². The van der Waals surface area contributed by atoms with Crippen molar-refractivity contribution in [3.05, 3.63) is 54.0 Å². The summed E-state index contributed by atoms with van der Waals surface area (Å²) in [7, 11) is 0. The lowest BCUT2D eigenvalue weighted by atomic mass is 10.3. The van der Waals surface area contributed by atoms with E-state index in [0.29, 0.717) is 5.82 Å². The van der Waals surface area contributed by atoms with Crippen molar-refractivity contribution in [2.24, 2.45) is 5.84 Å². The minimum Gasteiger partial charge on any atom is -0.486 e. The molecule has 2 aromatic rings. The Kier molecular flexibility index (Phi) is 3.52. The van der Waals surface area contributed by atoms with Crippen LogP contribution in [0.5, 0.6) is 5.75 Å². The molecular weight excluding hydrogens is 221 g/mol. The standard InChI is InChI=1S/C12H12FN3O/c13-10-3-1-2-4-11(10)17-8-9-5-6-15-12(7-9)16-14/h1-7H,8,14H2,(H,15,16). The smallest absolute Gasteiger partial charge is 0.165 e. The molecule has 2 rings (SSSR count). The fraction of sp³-hybridized carbons (Fsp3) is 0.0833. The number of hydrazine groups is 1. The number of ether oxygens (including phenoxy) is 1. The van der Waals surface area contributed by atoms with Crippen LogP contribution < -0.4 is 16.0 Å². The van der Waals surface area contributed by atoms with Gasteiger partial charge in [0.1, 0.15) is 12.4 Å². The Hall–Kier alpha value is -2.14. The van der Waals surface area contributed by atoms with Gasteiger partial charge in [-0.25, -0.2) is 15.2 Å². The second kappa shape index (κ2) is 5.27. The van der Waals surface area contributed by atoms with Gasteiger partial charge >= 0.3 is 0 Å². The summed E-state index contributed by atoms with van der Waals surface area (Å²) in [6.45, 7) is 0.262. The third-order valence-corrected chi connectivity index (χ3v) is 2.20. The molecule has 0 unspecified atom stereocenters. The fourth-order valence-electron chi connectivity index (χ4n) is 1.37. The summed E-state index contributed by atoms with van der Waals surface area (Å²) in [5.41, 5.74) is 3.29. The predicted molar refractivity (Wildman–Crippen MR) is 62.8 cm³/mol. The highest BCUT2D eigenvalue weighted by Gasteiger charge is 2.02. The van der Waals surface area contributed by atoms with E-state index in [0.717, 1.165) is 5.56 Å². The van der Waals surface area contributed by atoms with E-state index in [1.807, 2.05) is 0 Å². The average Bonchev–Trinajstić information content (AvgIpc) is 2.38. The van der Waals surface area contributed by atoms with Gasteiger partial charge in [0.05, 0.1) is 0 Å². The Morgan fingerprint density at radius 2 is 2.12 bits per heavy atom. The highest BCUT2D eigenvalue weighted by Crippen LogP contribution is 2.17. The number of anilines is 1. The van der Waals surface area contributed by atoms with E-state index in [-0.39, 0.29) is 18.2 Å². The zero-order chi connectivity index (χ0) is 12.1. The maximum Gasteiger partial charge on any atom is 0.165 e. The van der Waals surface area contributed by atoms with Crippen LogP contribution in [0, 0.1) is 5.82 Å². The zero-order valence-corrected chi connectivity index (χ0v) is 9.06. The van der Waals surface area contributed by atoms with E-state index >= 15 is 0 Å². The van der Waals surface area contributed by atoms with E-state index < -0.39 is 0 Å². The Morgan fingerprint density at radius 3 is 2.88 bits per heavy atom. The number of rotatable bonds is 4. The maximum atomic E-state index is 13.3. The molecule has 0 saturated carbocycles. The first kappa shape index (κ1) is 11.3. The summed E-state index contributed by atoms with van der Waals surface area (Å²) in [5.74, 6) is 5.63. The van der Waals surface area contributed by atoms with Crippen molar-refractivity contribution in [3.8, 4) is 5.75 Å². The Balaban J connectivity index is 2.05. The van der Waals surface area contributed by atoms with Gasteiger partial charge < -0.3 is 10.2 Å². The van der Waals surface area contributed by atoms with Gasteiger partial charge in [-0.3, -0.25) is 0 Å². The van der Waals surface area contributed by atoms with Crippen LogP contribution in [0.2, 0.25) is 0 Å². The van der Waals surface area contributed by atoms with Gasteiger partial charge in [0.25, 0.3) is 0 Å². The fourth-order valence-corrected chi connectivity index (χ4v) is 1.37. The van der Waals surface area contributed by atoms with Crippen molar-refractivity contribution in [2.75, 3.05) is 5.43 Å². The molecule has 0 aliphatic heterocycles. The second-order valence-electron chi connectivity index (χ2n) is 3.41. The first-order valence-corrected chi connectivity index (χ1v) is 5.08. The number of nitrogens with zero attached hydrogens (tertiary/aromatic N) is 1. The molecule has 0 aliphatic rings. The SMILES string of the molecule is NNc1cc(COc2ccccc2F)ccn1. The molecule has 17 heavy (non-hydrogen) atoms. The lowest BCUT2D eigenvalue weighted by molar-refractivity contribution is 0.290. The third-order valence-electron chi connectivity index (χ3n) is 2.20. The van der Waals surface area contributed by atoms with Gasteiger partial charge in [-0.15, -0.1) is 0 Å². The molecule has 0 bridgehead atoms. The first-order valence-electron chi connectivity index (χ1n) is 5.08. The van der Waals surface area contributed by atoms with Gasteiger partial charge in [-0.1, -0.05) is 12.1 Å². The van der Waals surface area contributed by atoms with Crippen LogP contribution in [0.3, 0.4) is 0 Å². The van der Waals surface area contributed by atoms with E-state index in [1.54, 1.807) is 36.5 Å². The molecule has 3 N–H and O–H groups in total. The van der Waals surface area contributed by atoms with Crippen molar-refractivity contribution < 1.29 is 9.13 Å². The predicted octanol–water partition coefficient (Wildman–Crippen LogP) is 2.09. The van der Waals surface area contributed by atoms with Crippen molar-refractivity contribution >= 4 is 5.82 Å². The summed E-state index contributed by atoms with van der Waals surface area (Å²) in [6, 6.07) is 9.79. The highest BCUT2D eigenvalue weighted by molar-refractivity contribution is 5.36. The minimum absolute atomic E-state index is 0.228. The molecule has 4 nitrogen and oxygen atoms in total. The Labute approximate surface area is 98.2 Å². The molecule has 0 fully saturated rings. The van der Waals surface area contributed by atoms with Crippen LogP contribution in [0.4, 0.5) is 10.2 Å². The zero-order valence-electron chi connectivity index (χ0n) is 9.06. The number of halogens is 1. The number of para-hydroxylation sites is 1. The number of aromatic nitrogens is 1. The van der Waals surface area contributed by atoms with Crippen LogP contribution in [0.1, 0.15) is 5.56 Å². The summed E-state index contributed by atoms with van der Waals surface area (Å²) in [4.78, 5) is 3.96. The molecule has 0 aliphatic carbocycles. The summed E-state index contributed by atoms with van der Waals surface area (Å²) in [6.07, 6.45) is 1.61. The number of hydrogen-bond acceptors (Lipinski definition) is 4. The van der Waals surface area contributed by atoms with Gasteiger partial charge in [0.2, 0.25) is 0 Å². The van der Waals surface area contributed by atoms with Crippen molar-refractivity contribution in [1.29, 1.82) is 0 Å². The number of pyridine rings is 1. The molecule has 0 radical (unpaired) electrons. The van der Waals surface area contributed by atoms with Crippen molar-refractivity contribution in [3.63, 3.8) is 0 Å². The van der Waals surface area contributed by atoms with Crippen LogP contribution in [0.15, 0.2) is 42.6 Å². The number of benzene rings is 1. The molecule has 0 spiro atoms. The molecule has 0 saturated heterocycles. The molecule has 1 heterocycles. The van der Waals surface area contributed by atoms with Crippen LogP contribution >= 0.6 is 0 Å². The van der Waals surface area contributed by atoms with Crippen LogP contribution in [-0.4, -0.2) is 4.98 Å². The van der Waals surface area contributed by atoms with E-state index in [2.05, 4.69) is 10.4 Å². The highest BCUT2D eigenvalue weighted by atomic mass is 19.1. The Bertz CT molecular complexity index is 505. The average molecular weight is 233 g/mol.